The molecule has 0 bridgehead atoms. The summed E-state index contributed by atoms with van der Waals surface area (Å²) in [5, 5.41) is -0.731. The highest BCUT2D eigenvalue weighted by atomic mass is 32.2. The van der Waals surface area contributed by atoms with Gasteiger partial charge >= 0.3 is 10.1 Å². The van der Waals surface area contributed by atoms with Gasteiger partial charge in [0.05, 0.1) is 17.9 Å². The second-order valence-corrected chi connectivity index (χ2v) is 9.38. The Bertz CT molecular complexity index is 991. The Hall–Kier alpha value is -2.61. The van der Waals surface area contributed by atoms with E-state index in [2.05, 4.69) is 0 Å². The summed E-state index contributed by atoms with van der Waals surface area (Å²) < 4.78 is 49.0. The quantitative estimate of drug-likeness (QED) is 0.544. The molecule has 6 nitrogen and oxygen atoms in total. The molecule has 1 amide bonds. The van der Waals surface area contributed by atoms with Crippen molar-refractivity contribution in [2.45, 2.75) is 52.0 Å². The van der Waals surface area contributed by atoms with Gasteiger partial charge in [-0.1, -0.05) is 25.1 Å². The van der Waals surface area contributed by atoms with Crippen LogP contribution in [0.5, 0.6) is 11.5 Å². The maximum Gasteiger partial charge on any atom is 0.311 e. The monoisotopic (exact) mass is 437 g/mol. The van der Waals surface area contributed by atoms with Gasteiger partial charge in [0, 0.05) is 12.6 Å². The first kappa shape index (κ1) is 23.7. The summed E-state index contributed by atoms with van der Waals surface area (Å²) in [7, 11) is -2.41. The lowest BCUT2D eigenvalue weighted by atomic mass is 10.1. The SMILES string of the molecule is CC[C@H](C)N(Cc1ccc(OC)c(OS(=O)(=O)C(C)C)c1)C(=O)c1ccccc1F. The van der Waals surface area contributed by atoms with Crippen LogP contribution in [-0.2, 0) is 16.7 Å². The molecule has 8 heteroatoms. The van der Waals surface area contributed by atoms with Crippen LogP contribution in [0, 0.1) is 5.82 Å². The molecule has 2 aromatic rings. The standard InChI is InChI=1S/C22H28FNO5S/c1-6-16(4)24(22(25)18-9-7-8-10-19(18)23)14-17-11-12-20(28-5)21(13-17)29-30(26,27)15(2)3/h7-13,15-16H,6,14H2,1-5H3/t16-/m0/s1. The number of carbonyl (C=O) groups excluding carboxylic acids is 1. The Kier molecular flexibility index (Phi) is 7.83. The third-order valence-electron chi connectivity index (χ3n) is 4.85. The van der Waals surface area contributed by atoms with Crippen molar-refractivity contribution in [3.8, 4) is 11.5 Å². The molecule has 0 N–H and O–H groups in total. The molecule has 164 valence electrons. The van der Waals surface area contributed by atoms with Crippen LogP contribution in [0.1, 0.15) is 50.0 Å². The zero-order valence-electron chi connectivity index (χ0n) is 17.9. The van der Waals surface area contributed by atoms with E-state index in [4.69, 9.17) is 8.92 Å². The third-order valence-corrected chi connectivity index (χ3v) is 6.42. The van der Waals surface area contributed by atoms with Gasteiger partial charge in [0.15, 0.2) is 11.5 Å². The number of benzene rings is 2. The Morgan fingerprint density at radius 2 is 1.77 bits per heavy atom. The molecule has 0 aliphatic heterocycles. The number of hydrogen-bond donors (Lipinski definition) is 0. The lowest BCUT2D eigenvalue weighted by Gasteiger charge is -2.29. The van der Waals surface area contributed by atoms with Crippen LogP contribution >= 0.6 is 0 Å². The van der Waals surface area contributed by atoms with Crippen molar-refractivity contribution in [3.05, 3.63) is 59.4 Å². The maximum absolute atomic E-state index is 14.2. The van der Waals surface area contributed by atoms with Gasteiger partial charge < -0.3 is 13.8 Å². The van der Waals surface area contributed by atoms with Crippen LogP contribution in [0.2, 0.25) is 0 Å². The highest BCUT2D eigenvalue weighted by molar-refractivity contribution is 7.87. The smallest absolute Gasteiger partial charge is 0.311 e. The molecule has 0 unspecified atom stereocenters. The molecule has 0 radical (unpaired) electrons. The predicted octanol–water partition coefficient (Wildman–Crippen LogP) is 4.39. The Morgan fingerprint density at radius 1 is 1.10 bits per heavy atom. The Morgan fingerprint density at radius 3 is 2.33 bits per heavy atom. The van der Waals surface area contributed by atoms with E-state index in [0.29, 0.717) is 12.0 Å². The van der Waals surface area contributed by atoms with Crippen LogP contribution in [0.15, 0.2) is 42.5 Å². The van der Waals surface area contributed by atoms with Crippen molar-refractivity contribution < 1.29 is 26.5 Å². The number of rotatable bonds is 9. The molecule has 0 saturated heterocycles. The van der Waals surface area contributed by atoms with Gasteiger partial charge in [0.25, 0.3) is 5.91 Å². The van der Waals surface area contributed by atoms with Gasteiger partial charge in [0.1, 0.15) is 5.82 Å². The van der Waals surface area contributed by atoms with Crippen molar-refractivity contribution in [3.63, 3.8) is 0 Å². The summed E-state index contributed by atoms with van der Waals surface area (Å²) in [4.78, 5) is 14.6. The minimum absolute atomic E-state index is 0.00910. The van der Waals surface area contributed by atoms with E-state index in [9.17, 15) is 17.6 Å². The van der Waals surface area contributed by atoms with E-state index < -0.39 is 27.1 Å². The summed E-state index contributed by atoms with van der Waals surface area (Å²) in [5.41, 5.74) is 0.625. The molecule has 2 aromatic carbocycles. The Labute approximate surface area is 177 Å². The van der Waals surface area contributed by atoms with Gasteiger partial charge in [0.2, 0.25) is 0 Å². The molecule has 30 heavy (non-hydrogen) atoms. The summed E-state index contributed by atoms with van der Waals surface area (Å²) in [6.07, 6.45) is 0.668. The van der Waals surface area contributed by atoms with Crippen molar-refractivity contribution >= 4 is 16.0 Å². The second kappa shape index (κ2) is 9.93. The molecule has 0 spiro atoms. The van der Waals surface area contributed by atoms with Crippen molar-refractivity contribution in [2.24, 2.45) is 0 Å². The van der Waals surface area contributed by atoms with E-state index in [1.165, 1.54) is 45.2 Å². The number of nitrogens with zero attached hydrogens (tertiary/aromatic N) is 1. The van der Waals surface area contributed by atoms with Crippen LogP contribution in [-0.4, -0.2) is 37.6 Å². The highest BCUT2D eigenvalue weighted by Gasteiger charge is 2.25. The average molecular weight is 438 g/mol. The predicted molar refractivity (Wildman–Crippen MR) is 114 cm³/mol. The van der Waals surface area contributed by atoms with Crippen molar-refractivity contribution in [2.75, 3.05) is 7.11 Å². The molecule has 1 atom stereocenters. The summed E-state index contributed by atoms with van der Waals surface area (Å²) in [5.74, 6) is -0.710. The molecular formula is C22H28FNO5S. The number of methoxy groups -OCH3 is 1. The fourth-order valence-electron chi connectivity index (χ4n) is 2.74. The molecule has 0 fully saturated rings. The van der Waals surface area contributed by atoms with Crippen LogP contribution in [0.4, 0.5) is 4.39 Å². The second-order valence-electron chi connectivity index (χ2n) is 7.28. The largest absolute Gasteiger partial charge is 0.493 e. The van der Waals surface area contributed by atoms with Gasteiger partial charge in [-0.15, -0.1) is 0 Å². The highest BCUT2D eigenvalue weighted by Crippen LogP contribution is 2.31. The van der Waals surface area contributed by atoms with Crippen LogP contribution in [0.25, 0.3) is 0 Å². The lowest BCUT2D eigenvalue weighted by Crippen LogP contribution is -2.38. The van der Waals surface area contributed by atoms with Crippen molar-refractivity contribution in [1.29, 1.82) is 0 Å². The zero-order chi connectivity index (χ0) is 22.5. The topological polar surface area (TPSA) is 72.9 Å². The van der Waals surface area contributed by atoms with E-state index in [1.54, 1.807) is 23.1 Å². The first-order chi connectivity index (χ1) is 14.1. The third kappa shape index (κ3) is 5.50. The van der Waals surface area contributed by atoms with Gasteiger partial charge in [-0.3, -0.25) is 4.79 Å². The zero-order valence-corrected chi connectivity index (χ0v) is 18.7. The molecule has 0 aromatic heterocycles. The number of carbonyl (C=O) groups is 1. The molecule has 2 rings (SSSR count). The fourth-order valence-corrected chi connectivity index (χ4v) is 3.31. The summed E-state index contributed by atoms with van der Waals surface area (Å²) in [6, 6.07) is 10.5. The van der Waals surface area contributed by atoms with Gasteiger partial charge in [-0.2, -0.15) is 8.42 Å². The molecule has 0 aliphatic rings. The molecule has 0 aliphatic carbocycles. The number of amides is 1. The summed E-state index contributed by atoms with van der Waals surface area (Å²) in [6.45, 7) is 7.00. The van der Waals surface area contributed by atoms with Crippen molar-refractivity contribution in [1.82, 2.24) is 4.90 Å². The first-order valence-electron chi connectivity index (χ1n) is 9.76. The van der Waals surface area contributed by atoms with E-state index in [-0.39, 0.29) is 29.6 Å². The van der Waals surface area contributed by atoms with E-state index >= 15 is 0 Å². The van der Waals surface area contributed by atoms with Crippen LogP contribution < -0.4 is 8.92 Å². The minimum atomic E-state index is -3.83. The first-order valence-corrected chi connectivity index (χ1v) is 11.2. The normalized spacial score (nSPS) is 12.5. The van der Waals surface area contributed by atoms with Gasteiger partial charge in [-0.25, -0.2) is 4.39 Å². The number of ether oxygens (including phenoxy) is 1. The van der Waals surface area contributed by atoms with E-state index in [1.807, 2.05) is 13.8 Å². The fraction of sp³-hybridized carbons (Fsp3) is 0.409. The van der Waals surface area contributed by atoms with Crippen LogP contribution in [0.3, 0.4) is 0 Å². The molecule has 0 heterocycles. The lowest BCUT2D eigenvalue weighted by molar-refractivity contribution is 0.0666. The minimum Gasteiger partial charge on any atom is -0.493 e. The van der Waals surface area contributed by atoms with E-state index in [0.717, 1.165) is 0 Å². The Balaban J connectivity index is 2.40. The number of halogens is 1. The number of hydrogen-bond acceptors (Lipinski definition) is 5. The summed E-state index contributed by atoms with van der Waals surface area (Å²) >= 11 is 0. The maximum atomic E-state index is 14.2. The van der Waals surface area contributed by atoms with Gasteiger partial charge in [-0.05, 0) is 57.0 Å². The average Bonchev–Trinajstić information content (AvgIpc) is 2.71. The molecular weight excluding hydrogens is 409 g/mol. The molecule has 0 saturated carbocycles.